The fourth-order valence-electron chi connectivity index (χ4n) is 0.289. The van der Waals surface area contributed by atoms with E-state index in [1.54, 1.807) is 0 Å². The van der Waals surface area contributed by atoms with Gasteiger partial charge in [0, 0.05) is 32.7 Å². The van der Waals surface area contributed by atoms with Gasteiger partial charge in [-0.2, -0.15) is 6.42 Å². The van der Waals surface area contributed by atoms with Crippen LogP contribution in [0, 0.1) is 12.0 Å². The Morgan fingerprint density at radius 2 is 2.00 bits per heavy atom. The van der Waals surface area contributed by atoms with Gasteiger partial charge in [-0.15, -0.1) is 0 Å². The molecule has 0 nitrogen and oxygen atoms in total. The Morgan fingerprint density at radius 1 is 1.57 bits per heavy atom. The predicted molar refractivity (Wildman–Crippen MR) is 28.3 cm³/mol. The van der Waals surface area contributed by atoms with Gasteiger partial charge in [-0.25, -0.2) is 0 Å². The van der Waals surface area contributed by atoms with Crippen molar-refractivity contribution in [3.05, 3.63) is 12.7 Å². The summed E-state index contributed by atoms with van der Waals surface area (Å²) in [4.78, 5) is 0. The first-order valence-corrected chi connectivity index (χ1v) is 2.27. The largest absolute Gasteiger partial charge is 0.504 e. The Balaban J connectivity index is 0. The number of rotatable bonds is 2. The molecule has 0 unspecified atom stereocenters. The van der Waals surface area contributed by atoms with Crippen molar-refractivity contribution in [3.63, 3.8) is 0 Å². The monoisotopic (exact) mass is 172 g/mol. The van der Waals surface area contributed by atoms with E-state index in [0.29, 0.717) is 0 Å². The molecule has 0 heterocycles. The molecule has 0 rings (SSSR count). The Kier molecular flexibility index (Phi) is 10.5. The molecule has 0 aliphatic carbocycles. The number of hydrogen-bond acceptors (Lipinski definition) is 0. The van der Waals surface area contributed by atoms with Gasteiger partial charge >= 0.3 is 0 Å². The van der Waals surface area contributed by atoms with Crippen LogP contribution in [0.1, 0.15) is 20.3 Å². The Labute approximate surface area is 71.3 Å². The minimum Gasteiger partial charge on any atom is -0.504 e. The first-order chi connectivity index (χ1) is 2.77. The average Bonchev–Trinajstić information content (AvgIpc) is 1.35. The molecule has 0 aromatic carbocycles. The van der Waals surface area contributed by atoms with Crippen molar-refractivity contribution >= 4 is 0 Å². The van der Waals surface area contributed by atoms with Crippen LogP contribution in [0.25, 0.3) is 0 Å². The molecule has 0 aromatic rings. The molecule has 0 aromatic heterocycles. The van der Waals surface area contributed by atoms with Gasteiger partial charge in [-0.05, 0) is 0 Å². The Bertz CT molecular complexity index is 39.4. The second-order valence-corrected chi connectivity index (χ2v) is 1.85. The molecule has 7 heavy (non-hydrogen) atoms. The average molecular weight is 172 g/mol. The van der Waals surface area contributed by atoms with Crippen molar-refractivity contribution in [2.45, 2.75) is 20.3 Å². The maximum absolute atomic E-state index is 3.48. The number of hydrogen-bond donors (Lipinski definition) is 0. The molecule has 0 N–H and O–H groups in total. The summed E-state index contributed by atoms with van der Waals surface area (Å²) in [5.41, 5.74) is 0. The van der Waals surface area contributed by atoms with Crippen molar-refractivity contribution in [2.24, 2.45) is 5.92 Å². The van der Waals surface area contributed by atoms with E-state index in [9.17, 15) is 0 Å². The molecular weight excluding hydrogens is 161 g/mol. The van der Waals surface area contributed by atoms with Crippen LogP contribution in [-0.4, -0.2) is 0 Å². The molecule has 0 spiro atoms. The van der Waals surface area contributed by atoms with Crippen LogP contribution in [0.2, 0.25) is 0 Å². The van der Waals surface area contributed by atoms with Gasteiger partial charge in [0.15, 0.2) is 0 Å². The van der Waals surface area contributed by atoms with Crippen molar-refractivity contribution in [1.82, 2.24) is 0 Å². The van der Waals surface area contributed by atoms with Gasteiger partial charge in [-0.3, -0.25) is 6.58 Å². The Morgan fingerprint density at radius 3 is 2.00 bits per heavy atom. The first kappa shape index (κ1) is 10.8. The van der Waals surface area contributed by atoms with Crippen LogP contribution >= 0.6 is 0 Å². The minimum atomic E-state index is 0. The third-order valence-electron chi connectivity index (χ3n) is 0.553. The molecule has 0 fully saturated rings. The molecule has 1 radical (unpaired) electrons. The molecule has 39 valence electrons. The maximum atomic E-state index is 3.48. The fourth-order valence-corrected chi connectivity index (χ4v) is 0.289. The summed E-state index contributed by atoms with van der Waals surface area (Å²) in [6, 6.07) is 0. The third-order valence-corrected chi connectivity index (χ3v) is 0.553. The quantitative estimate of drug-likeness (QED) is 0.559. The Hall–Kier alpha value is 0.844. The van der Waals surface area contributed by atoms with Crippen molar-refractivity contribution in [3.8, 4) is 0 Å². The van der Waals surface area contributed by atoms with E-state index in [1.165, 1.54) is 0 Å². The van der Waals surface area contributed by atoms with E-state index in [0.717, 1.165) is 12.3 Å². The topological polar surface area (TPSA) is 0 Å². The van der Waals surface area contributed by atoms with Crippen LogP contribution in [0.15, 0.2) is 6.58 Å². The standard InChI is InChI=1S/C6H11.Y/c1-4-5-6(2)3;/h6H,1,5H2,2-3H3;/q-1;. The van der Waals surface area contributed by atoms with Gasteiger partial charge in [-0.1, -0.05) is 19.8 Å². The zero-order valence-corrected chi connectivity index (χ0v) is 7.91. The SMILES string of the molecule is C=[C-]CC(C)C.[Y]. The molecular formula is C6H11Y-. The second-order valence-electron chi connectivity index (χ2n) is 1.85. The zero-order valence-electron chi connectivity index (χ0n) is 5.07. The molecule has 0 bridgehead atoms. The molecule has 0 atom stereocenters. The second kappa shape index (κ2) is 6.84. The van der Waals surface area contributed by atoms with Crippen LogP contribution in [0.4, 0.5) is 0 Å². The van der Waals surface area contributed by atoms with Crippen molar-refractivity contribution in [2.75, 3.05) is 0 Å². The van der Waals surface area contributed by atoms with Crippen molar-refractivity contribution in [1.29, 1.82) is 0 Å². The van der Waals surface area contributed by atoms with Gasteiger partial charge in [0.25, 0.3) is 0 Å². The molecule has 0 aliphatic rings. The van der Waals surface area contributed by atoms with E-state index >= 15 is 0 Å². The van der Waals surface area contributed by atoms with Gasteiger partial charge in [0.2, 0.25) is 0 Å². The maximum Gasteiger partial charge on any atom is 0 e. The summed E-state index contributed by atoms with van der Waals surface area (Å²) < 4.78 is 0. The molecule has 1 heteroatoms. The zero-order chi connectivity index (χ0) is 4.99. The van der Waals surface area contributed by atoms with E-state index in [2.05, 4.69) is 26.5 Å². The molecule has 0 aliphatic heterocycles. The normalized spacial score (nSPS) is 7.86. The summed E-state index contributed by atoms with van der Waals surface area (Å²) in [5.74, 6) is 0.725. The summed E-state index contributed by atoms with van der Waals surface area (Å²) in [5, 5.41) is 0. The van der Waals surface area contributed by atoms with E-state index < -0.39 is 0 Å². The van der Waals surface area contributed by atoms with Gasteiger partial charge in [0.05, 0.1) is 0 Å². The minimum absolute atomic E-state index is 0. The van der Waals surface area contributed by atoms with E-state index in [1.807, 2.05) is 0 Å². The van der Waals surface area contributed by atoms with Crippen molar-refractivity contribution < 1.29 is 32.7 Å². The third kappa shape index (κ3) is 10.9. The summed E-state index contributed by atoms with van der Waals surface area (Å²) in [7, 11) is 0. The summed E-state index contributed by atoms with van der Waals surface area (Å²) in [6.45, 7) is 7.78. The van der Waals surface area contributed by atoms with Crippen LogP contribution in [0.5, 0.6) is 0 Å². The van der Waals surface area contributed by atoms with Crippen LogP contribution < -0.4 is 0 Å². The van der Waals surface area contributed by atoms with E-state index in [-0.39, 0.29) is 32.7 Å². The van der Waals surface area contributed by atoms with Gasteiger partial charge < -0.3 is 6.08 Å². The number of allylic oxidation sites excluding steroid dienone is 1. The summed E-state index contributed by atoms with van der Waals surface area (Å²) >= 11 is 0. The molecule has 0 saturated carbocycles. The molecule has 0 amide bonds. The first-order valence-electron chi connectivity index (χ1n) is 2.27. The fraction of sp³-hybridized carbons (Fsp3) is 0.667. The van der Waals surface area contributed by atoms with E-state index in [4.69, 9.17) is 0 Å². The molecule has 0 saturated heterocycles. The summed E-state index contributed by atoms with van der Waals surface area (Å²) in [6.07, 6.45) is 3.83. The van der Waals surface area contributed by atoms with Crippen LogP contribution in [-0.2, 0) is 32.7 Å². The van der Waals surface area contributed by atoms with Gasteiger partial charge in [0.1, 0.15) is 0 Å². The predicted octanol–water partition coefficient (Wildman–Crippen LogP) is 2.02. The van der Waals surface area contributed by atoms with Crippen LogP contribution in [0.3, 0.4) is 0 Å². The smallest absolute Gasteiger partial charge is 0 e.